The van der Waals surface area contributed by atoms with Crippen LogP contribution in [0.5, 0.6) is 5.75 Å². The Kier molecular flexibility index (Phi) is 2.41. The van der Waals surface area contributed by atoms with Crippen LogP contribution < -0.4 is 0 Å². The number of furan rings is 1. The maximum absolute atomic E-state index is 9.40. The molecule has 0 fully saturated rings. The summed E-state index contributed by atoms with van der Waals surface area (Å²) in [4.78, 5) is 0. The molecule has 0 saturated heterocycles. The van der Waals surface area contributed by atoms with Crippen molar-refractivity contribution in [1.29, 1.82) is 0 Å². The Morgan fingerprint density at radius 2 is 1.71 bits per heavy atom. The Morgan fingerprint density at radius 3 is 2.47 bits per heavy atom. The van der Waals surface area contributed by atoms with Gasteiger partial charge in [-0.25, -0.2) is 0 Å². The molecule has 1 heterocycles. The van der Waals surface area contributed by atoms with Gasteiger partial charge < -0.3 is 9.52 Å². The highest BCUT2D eigenvalue weighted by Gasteiger charge is 2.06. The van der Waals surface area contributed by atoms with Crippen LogP contribution in [0.2, 0.25) is 0 Å². The fourth-order valence-electron chi connectivity index (χ4n) is 1.79. The number of phenols is 1. The van der Waals surface area contributed by atoms with Gasteiger partial charge in [-0.2, -0.15) is 0 Å². The first-order valence-corrected chi connectivity index (χ1v) is 6.00. The van der Waals surface area contributed by atoms with Crippen molar-refractivity contribution in [2.24, 2.45) is 0 Å². The molecule has 2 aromatic carbocycles. The van der Waals surface area contributed by atoms with Crippen molar-refractivity contribution in [3.8, 4) is 17.1 Å². The van der Waals surface area contributed by atoms with Gasteiger partial charge in [-0.1, -0.05) is 28.1 Å². The van der Waals surface area contributed by atoms with Crippen molar-refractivity contribution in [2.45, 2.75) is 0 Å². The minimum atomic E-state index is 0.251. The fourth-order valence-corrected chi connectivity index (χ4v) is 2.05. The first kappa shape index (κ1) is 10.4. The number of rotatable bonds is 1. The van der Waals surface area contributed by atoms with E-state index in [2.05, 4.69) is 15.9 Å². The summed E-state index contributed by atoms with van der Waals surface area (Å²) in [6.07, 6.45) is 0. The van der Waals surface area contributed by atoms with E-state index >= 15 is 0 Å². The van der Waals surface area contributed by atoms with Crippen LogP contribution in [0.15, 0.2) is 57.4 Å². The van der Waals surface area contributed by atoms with Crippen LogP contribution in [0.4, 0.5) is 0 Å². The molecule has 2 nitrogen and oxygen atoms in total. The standard InChI is InChI=1S/C14H9BrO2/c15-11-3-1-9(2-4-11)14-8-10-7-12(16)5-6-13(10)17-14/h1-8,16H. The molecule has 0 unspecified atom stereocenters. The molecule has 3 aromatic rings. The van der Waals surface area contributed by atoms with Gasteiger partial charge in [0.05, 0.1) is 0 Å². The predicted molar refractivity (Wildman–Crippen MR) is 71.0 cm³/mol. The van der Waals surface area contributed by atoms with Crippen molar-refractivity contribution >= 4 is 26.9 Å². The molecule has 1 aromatic heterocycles. The smallest absolute Gasteiger partial charge is 0.135 e. The molecule has 0 saturated carbocycles. The molecule has 0 aliphatic carbocycles. The Bertz CT molecular complexity index is 668. The Morgan fingerprint density at radius 1 is 0.941 bits per heavy atom. The van der Waals surface area contributed by atoms with Gasteiger partial charge in [0.15, 0.2) is 0 Å². The molecule has 3 rings (SSSR count). The third-order valence-corrected chi connectivity index (χ3v) is 3.16. The van der Waals surface area contributed by atoms with Crippen LogP contribution in [-0.2, 0) is 0 Å². The van der Waals surface area contributed by atoms with Crippen molar-refractivity contribution in [3.63, 3.8) is 0 Å². The number of fused-ring (bicyclic) bond motifs is 1. The number of hydrogen-bond donors (Lipinski definition) is 1. The third kappa shape index (κ3) is 1.94. The molecular formula is C14H9BrO2. The number of benzene rings is 2. The summed E-state index contributed by atoms with van der Waals surface area (Å²) in [5, 5.41) is 10.3. The highest BCUT2D eigenvalue weighted by atomic mass is 79.9. The normalized spacial score (nSPS) is 10.9. The van der Waals surface area contributed by atoms with Crippen molar-refractivity contribution in [1.82, 2.24) is 0 Å². The lowest BCUT2D eigenvalue weighted by molar-refractivity contribution is 0.476. The summed E-state index contributed by atoms with van der Waals surface area (Å²) in [6.45, 7) is 0. The first-order valence-electron chi connectivity index (χ1n) is 5.21. The van der Waals surface area contributed by atoms with Gasteiger partial charge in [0.25, 0.3) is 0 Å². The predicted octanol–water partition coefficient (Wildman–Crippen LogP) is 4.57. The van der Waals surface area contributed by atoms with E-state index in [9.17, 15) is 5.11 Å². The van der Waals surface area contributed by atoms with Crippen molar-refractivity contribution < 1.29 is 9.52 Å². The molecule has 0 bridgehead atoms. The summed E-state index contributed by atoms with van der Waals surface area (Å²) in [5.74, 6) is 1.05. The van der Waals surface area contributed by atoms with E-state index in [4.69, 9.17) is 4.42 Å². The molecule has 1 N–H and O–H groups in total. The molecule has 84 valence electrons. The Balaban J connectivity index is 2.14. The lowest BCUT2D eigenvalue weighted by atomic mass is 10.1. The third-order valence-electron chi connectivity index (χ3n) is 2.63. The van der Waals surface area contributed by atoms with Gasteiger partial charge in [-0.3, -0.25) is 0 Å². The van der Waals surface area contributed by atoms with Crippen LogP contribution in [0.3, 0.4) is 0 Å². The molecule has 0 aliphatic rings. The molecule has 0 aliphatic heterocycles. The second kappa shape index (κ2) is 3.93. The second-order valence-electron chi connectivity index (χ2n) is 3.84. The highest BCUT2D eigenvalue weighted by Crippen LogP contribution is 2.30. The topological polar surface area (TPSA) is 33.4 Å². The van der Waals surface area contributed by atoms with Crippen LogP contribution in [0, 0.1) is 0 Å². The number of hydrogen-bond acceptors (Lipinski definition) is 2. The van der Waals surface area contributed by atoms with Crippen molar-refractivity contribution in [2.75, 3.05) is 0 Å². The van der Waals surface area contributed by atoms with Crippen LogP contribution >= 0.6 is 15.9 Å². The zero-order chi connectivity index (χ0) is 11.8. The lowest BCUT2D eigenvalue weighted by Gasteiger charge is -1.95. The minimum absolute atomic E-state index is 0.251. The number of phenolic OH excluding ortho intramolecular Hbond substituents is 1. The summed E-state index contributed by atoms with van der Waals surface area (Å²) in [6, 6.07) is 14.9. The van der Waals surface area contributed by atoms with E-state index in [0.717, 1.165) is 26.8 Å². The average Bonchev–Trinajstić information content (AvgIpc) is 2.72. The molecular weight excluding hydrogens is 280 g/mol. The van der Waals surface area contributed by atoms with E-state index in [0.29, 0.717) is 0 Å². The van der Waals surface area contributed by atoms with E-state index in [-0.39, 0.29) is 5.75 Å². The quantitative estimate of drug-likeness (QED) is 0.712. The highest BCUT2D eigenvalue weighted by molar-refractivity contribution is 9.10. The maximum atomic E-state index is 9.40. The van der Waals surface area contributed by atoms with Gasteiger partial charge in [0.2, 0.25) is 0 Å². The van der Waals surface area contributed by atoms with Gasteiger partial charge in [-0.15, -0.1) is 0 Å². The zero-order valence-corrected chi connectivity index (χ0v) is 10.4. The summed E-state index contributed by atoms with van der Waals surface area (Å²) in [5.41, 5.74) is 1.80. The van der Waals surface area contributed by atoms with Gasteiger partial charge >= 0.3 is 0 Å². The van der Waals surface area contributed by atoms with Crippen molar-refractivity contribution in [3.05, 3.63) is 53.0 Å². The van der Waals surface area contributed by atoms with E-state index < -0.39 is 0 Å². The molecule has 0 spiro atoms. The van der Waals surface area contributed by atoms with Crippen LogP contribution in [0.25, 0.3) is 22.3 Å². The number of halogens is 1. The second-order valence-corrected chi connectivity index (χ2v) is 4.76. The Labute approximate surface area is 107 Å². The average molecular weight is 289 g/mol. The summed E-state index contributed by atoms with van der Waals surface area (Å²) >= 11 is 3.40. The number of aromatic hydroxyl groups is 1. The molecule has 0 amide bonds. The molecule has 0 radical (unpaired) electrons. The van der Waals surface area contributed by atoms with Crippen LogP contribution in [0.1, 0.15) is 0 Å². The molecule has 17 heavy (non-hydrogen) atoms. The van der Waals surface area contributed by atoms with Gasteiger partial charge in [0, 0.05) is 15.4 Å². The molecule has 0 atom stereocenters. The minimum Gasteiger partial charge on any atom is -0.508 e. The fraction of sp³-hybridized carbons (Fsp3) is 0. The zero-order valence-electron chi connectivity index (χ0n) is 8.85. The maximum Gasteiger partial charge on any atom is 0.135 e. The summed E-state index contributed by atoms with van der Waals surface area (Å²) in [7, 11) is 0. The van der Waals surface area contributed by atoms with E-state index in [1.54, 1.807) is 18.2 Å². The largest absolute Gasteiger partial charge is 0.508 e. The van der Waals surface area contributed by atoms with Gasteiger partial charge in [0.1, 0.15) is 17.1 Å². The lowest BCUT2D eigenvalue weighted by Crippen LogP contribution is -1.71. The molecule has 3 heteroatoms. The Hall–Kier alpha value is -1.74. The van der Waals surface area contributed by atoms with E-state index in [1.807, 2.05) is 30.3 Å². The SMILES string of the molecule is Oc1ccc2oc(-c3ccc(Br)cc3)cc2c1. The first-order chi connectivity index (χ1) is 8.22. The van der Waals surface area contributed by atoms with Gasteiger partial charge in [-0.05, 0) is 36.4 Å². The summed E-state index contributed by atoms with van der Waals surface area (Å²) < 4.78 is 6.76. The van der Waals surface area contributed by atoms with Crippen LogP contribution in [-0.4, -0.2) is 5.11 Å². The van der Waals surface area contributed by atoms with E-state index in [1.165, 1.54) is 0 Å². The monoisotopic (exact) mass is 288 g/mol.